The van der Waals surface area contributed by atoms with E-state index in [9.17, 15) is 19.5 Å². The number of quaternary nitrogens is 1. The molecule has 0 radical (unpaired) electrons. The van der Waals surface area contributed by atoms with Crippen LogP contribution in [0.15, 0.2) is 0 Å². The van der Waals surface area contributed by atoms with E-state index in [1.807, 2.05) is 6.92 Å². The molecule has 1 rings (SSSR count). The number of rotatable bonds is 3. The Morgan fingerprint density at radius 1 is 1.44 bits per heavy atom. The average Bonchev–Trinajstić information content (AvgIpc) is 2.67. The summed E-state index contributed by atoms with van der Waals surface area (Å²) in [5.74, 6) is -0.342. The van der Waals surface area contributed by atoms with Crippen molar-refractivity contribution in [3.05, 3.63) is 0 Å². The van der Waals surface area contributed by atoms with Gasteiger partial charge in [-0.05, 0) is 13.8 Å². The molecule has 18 heavy (non-hydrogen) atoms. The Kier molecular flexibility index (Phi) is 4.92. The van der Waals surface area contributed by atoms with Gasteiger partial charge in [-0.2, -0.15) is 9.28 Å². The molecule has 5 nitrogen and oxygen atoms in total. The second-order valence-corrected chi connectivity index (χ2v) is 6.11. The predicted octanol–water partition coefficient (Wildman–Crippen LogP) is 2.11. The Morgan fingerprint density at radius 2 is 2.06 bits per heavy atom. The fourth-order valence-corrected chi connectivity index (χ4v) is 3.12. The van der Waals surface area contributed by atoms with Gasteiger partial charge < -0.3 is 5.11 Å². The molecule has 1 aliphatic heterocycles. The summed E-state index contributed by atoms with van der Waals surface area (Å²) >= 11 is 1.08. The highest BCUT2D eigenvalue weighted by atomic mass is 32.2. The van der Waals surface area contributed by atoms with E-state index in [0.29, 0.717) is 12.3 Å². The molecule has 0 bridgehead atoms. The molecule has 1 saturated heterocycles. The Hall–Kier alpha value is -0.880. The van der Waals surface area contributed by atoms with Crippen LogP contribution in [0.25, 0.3) is 0 Å². The summed E-state index contributed by atoms with van der Waals surface area (Å²) in [4.78, 5) is 34.8. The number of imide groups is 1. The van der Waals surface area contributed by atoms with Crippen molar-refractivity contribution in [2.75, 3.05) is 12.3 Å². The summed E-state index contributed by atoms with van der Waals surface area (Å²) in [6.07, 6.45) is 0.445. The smallest absolute Gasteiger partial charge is 0.435 e. The van der Waals surface area contributed by atoms with Gasteiger partial charge in [0.2, 0.25) is 0 Å². The first-order valence-electron chi connectivity index (χ1n) is 6.11. The van der Waals surface area contributed by atoms with Gasteiger partial charge in [0.05, 0.1) is 12.5 Å². The highest BCUT2D eigenvalue weighted by Gasteiger charge is 2.54. The summed E-state index contributed by atoms with van der Waals surface area (Å²) in [6.45, 7) is 5.32. The van der Waals surface area contributed by atoms with Crippen molar-refractivity contribution in [1.82, 2.24) is 0 Å². The van der Waals surface area contributed by atoms with Crippen LogP contribution in [0.3, 0.4) is 0 Å². The van der Waals surface area contributed by atoms with E-state index in [4.69, 9.17) is 0 Å². The Morgan fingerprint density at radius 3 is 2.44 bits per heavy atom. The van der Waals surface area contributed by atoms with Gasteiger partial charge in [-0.25, -0.2) is 4.79 Å². The van der Waals surface area contributed by atoms with Gasteiger partial charge >= 0.3 is 12.0 Å². The first-order chi connectivity index (χ1) is 8.32. The molecular weight excluding hydrogens is 254 g/mol. The number of carboxylic acid groups (broad SMARTS) is 1. The second kappa shape index (κ2) is 5.84. The molecule has 2 unspecified atom stereocenters. The van der Waals surface area contributed by atoms with Crippen LogP contribution in [0, 0.1) is 5.92 Å². The lowest BCUT2D eigenvalue weighted by atomic mass is 10.1. The normalized spacial score (nSPS) is 28.9. The molecule has 1 aliphatic rings. The zero-order valence-corrected chi connectivity index (χ0v) is 11.8. The highest BCUT2D eigenvalue weighted by molar-refractivity contribution is 8.13. The molecule has 2 amide bonds. The van der Waals surface area contributed by atoms with E-state index >= 15 is 0 Å². The fourth-order valence-electron chi connectivity index (χ4n) is 2.49. The van der Waals surface area contributed by atoms with Crippen molar-refractivity contribution in [3.8, 4) is 0 Å². The van der Waals surface area contributed by atoms with Crippen molar-refractivity contribution in [2.24, 2.45) is 5.92 Å². The first kappa shape index (κ1) is 15.2. The Balaban J connectivity index is 2.84. The first-order valence-corrected chi connectivity index (χ1v) is 7.10. The molecule has 0 aromatic heterocycles. The molecule has 0 spiro atoms. The maximum atomic E-state index is 12.4. The molecular formula is C12H20NO4S+. The lowest BCUT2D eigenvalue weighted by molar-refractivity contribution is -0.793. The number of likely N-dealkylation sites (tertiary alicyclic amines) is 1. The number of amides is 2. The van der Waals surface area contributed by atoms with E-state index < -0.39 is 16.5 Å². The number of thioether (sulfide) groups is 1. The van der Waals surface area contributed by atoms with E-state index in [-0.39, 0.29) is 17.1 Å². The molecule has 0 aromatic rings. The number of carbonyl (C=O) groups is 3. The predicted molar refractivity (Wildman–Crippen MR) is 69.2 cm³/mol. The van der Waals surface area contributed by atoms with Gasteiger partial charge in [-0.1, -0.05) is 11.8 Å². The maximum Gasteiger partial charge on any atom is 0.521 e. The van der Waals surface area contributed by atoms with Gasteiger partial charge in [-0.15, -0.1) is 0 Å². The topological polar surface area (TPSA) is 71.4 Å². The highest BCUT2D eigenvalue weighted by Crippen LogP contribution is 2.30. The zero-order chi connectivity index (χ0) is 13.9. The Bertz CT molecular complexity index is 371. The number of hydrogen-bond donors (Lipinski definition) is 1. The number of nitrogens with zero attached hydrogens (tertiary/aromatic N) is 1. The lowest BCUT2D eigenvalue weighted by Gasteiger charge is -2.31. The van der Waals surface area contributed by atoms with Crippen molar-refractivity contribution in [3.63, 3.8) is 0 Å². The van der Waals surface area contributed by atoms with E-state index in [1.165, 1.54) is 6.92 Å². The molecule has 6 heteroatoms. The van der Waals surface area contributed by atoms with Crippen LogP contribution in [0.5, 0.6) is 0 Å². The van der Waals surface area contributed by atoms with Crippen LogP contribution >= 0.6 is 11.8 Å². The van der Waals surface area contributed by atoms with Crippen LogP contribution in [0.1, 0.15) is 33.6 Å². The molecule has 0 aromatic carbocycles. The minimum absolute atomic E-state index is 0.0500. The lowest BCUT2D eigenvalue weighted by Crippen LogP contribution is -2.60. The average molecular weight is 274 g/mol. The molecule has 3 atom stereocenters. The van der Waals surface area contributed by atoms with E-state index in [2.05, 4.69) is 0 Å². The van der Waals surface area contributed by atoms with E-state index in [1.54, 1.807) is 6.92 Å². The van der Waals surface area contributed by atoms with Crippen LogP contribution in [0.4, 0.5) is 4.79 Å². The largest absolute Gasteiger partial charge is 0.521 e. The van der Waals surface area contributed by atoms with Crippen LogP contribution in [-0.2, 0) is 9.59 Å². The van der Waals surface area contributed by atoms with Crippen molar-refractivity contribution >= 4 is 28.9 Å². The summed E-state index contributed by atoms with van der Waals surface area (Å²) < 4.78 is -0.473. The number of hydrogen-bond acceptors (Lipinski definition) is 4. The third-order valence-electron chi connectivity index (χ3n) is 3.58. The third-order valence-corrected chi connectivity index (χ3v) is 4.65. The molecule has 0 saturated carbocycles. The molecule has 1 heterocycles. The van der Waals surface area contributed by atoms with Crippen molar-refractivity contribution in [2.45, 2.75) is 39.7 Å². The Labute approximate surface area is 111 Å². The molecule has 0 aliphatic carbocycles. The van der Waals surface area contributed by atoms with Crippen molar-refractivity contribution < 1.29 is 24.0 Å². The molecule has 1 N–H and O–H groups in total. The number of carbonyl (C=O) groups excluding carboxylic acids is 2. The SMILES string of the molecule is CC(=O)SCC(C)C(=O)[N@+]1(C(=O)O)CCCC1C. The van der Waals surface area contributed by atoms with Gasteiger partial charge in [-0.3, -0.25) is 4.79 Å². The van der Waals surface area contributed by atoms with Crippen molar-refractivity contribution in [1.29, 1.82) is 0 Å². The minimum atomic E-state index is -1.07. The van der Waals surface area contributed by atoms with Crippen LogP contribution in [0.2, 0.25) is 0 Å². The monoisotopic (exact) mass is 274 g/mol. The fraction of sp³-hybridized carbons (Fsp3) is 0.750. The summed E-state index contributed by atoms with van der Waals surface area (Å²) in [5, 5.41) is 9.36. The summed E-state index contributed by atoms with van der Waals surface area (Å²) in [7, 11) is 0. The zero-order valence-electron chi connectivity index (χ0n) is 11.0. The second-order valence-electron chi connectivity index (χ2n) is 4.91. The third kappa shape index (κ3) is 2.75. The minimum Gasteiger partial charge on any atom is -0.435 e. The summed E-state index contributed by atoms with van der Waals surface area (Å²) in [5.41, 5.74) is 0. The van der Waals surface area contributed by atoms with Gasteiger partial charge in [0.1, 0.15) is 6.04 Å². The molecule has 102 valence electrons. The standard InChI is InChI=1S/C12H19NO4S/c1-8(7-18-10(3)14)11(15)13(12(16)17)6-4-5-9(13)2/h8-9H,4-7H2,1-3H3/p+1/t8?,9?,13-/m0/s1. The maximum absolute atomic E-state index is 12.4. The van der Waals surface area contributed by atoms with Gasteiger partial charge in [0, 0.05) is 25.5 Å². The van der Waals surface area contributed by atoms with E-state index in [0.717, 1.165) is 24.6 Å². The van der Waals surface area contributed by atoms with Crippen LogP contribution in [-0.4, -0.2) is 45.0 Å². The van der Waals surface area contributed by atoms with Gasteiger partial charge in [0.15, 0.2) is 5.12 Å². The van der Waals surface area contributed by atoms with Gasteiger partial charge in [0.25, 0.3) is 0 Å². The quantitative estimate of drug-likeness (QED) is 0.798. The summed E-state index contributed by atoms with van der Waals surface area (Å²) in [6, 6.07) is -0.181. The van der Waals surface area contributed by atoms with Crippen LogP contribution < -0.4 is 0 Å². The molecule has 1 fully saturated rings.